The van der Waals surface area contributed by atoms with Gasteiger partial charge in [-0.1, -0.05) is 30.3 Å². The third-order valence-electron chi connectivity index (χ3n) is 3.07. The molecule has 2 aromatic rings. The molecule has 0 amide bonds. The number of ether oxygens (including phenoxy) is 1. The summed E-state index contributed by atoms with van der Waals surface area (Å²) < 4.78 is 5.78. The van der Waals surface area contributed by atoms with Crippen LogP contribution in [0, 0.1) is 0 Å². The molecule has 0 aliphatic heterocycles. The second kappa shape index (κ2) is 7.31. The van der Waals surface area contributed by atoms with Gasteiger partial charge in [0.1, 0.15) is 0 Å². The summed E-state index contributed by atoms with van der Waals surface area (Å²) in [6, 6.07) is 14.1. The van der Waals surface area contributed by atoms with Gasteiger partial charge in [0.25, 0.3) is 0 Å². The standard InChI is InChI=1S/C16H18BrNO2/c1-20-15-10-13(9-14(17)16(15)19)11-18-8-7-12-5-3-2-4-6-12/h2-6,9-10,18-19H,7-8,11H2,1H3. The highest BCUT2D eigenvalue weighted by molar-refractivity contribution is 9.10. The van der Waals surface area contributed by atoms with Crippen molar-refractivity contribution in [3.63, 3.8) is 0 Å². The van der Waals surface area contributed by atoms with Gasteiger partial charge in [0, 0.05) is 6.54 Å². The summed E-state index contributed by atoms with van der Waals surface area (Å²) in [7, 11) is 1.55. The molecule has 0 fully saturated rings. The fraction of sp³-hybridized carbons (Fsp3) is 0.250. The Bertz CT molecular complexity index is 558. The van der Waals surface area contributed by atoms with Gasteiger partial charge in [-0.05, 0) is 52.2 Å². The normalized spacial score (nSPS) is 10.5. The Labute approximate surface area is 127 Å². The van der Waals surface area contributed by atoms with Gasteiger partial charge in [-0.2, -0.15) is 0 Å². The first kappa shape index (κ1) is 14.9. The molecule has 0 unspecified atom stereocenters. The fourth-order valence-corrected chi connectivity index (χ4v) is 2.48. The van der Waals surface area contributed by atoms with E-state index in [4.69, 9.17) is 4.74 Å². The number of nitrogens with one attached hydrogen (secondary N) is 1. The van der Waals surface area contributed by atoms with E-state index in [1.165, 1.54) is 5.56 Å². The monoisotopic (exact) mass is 335 g/mol. The van der Waals surface area contributed by atoms with Gasteiger partial charge in [-0.15, -0.1) is 0 Å². The highest BCUT2D eigenvalue weighted by atomic mass is 79.9. The molecular weight excluding hydrogens is 318 g/mol. The van der Waals surface area contributed by atoms with Crippen LogP contribution in [0.3, 0.4) is 0 Å². The Balaban J connectivity index is 1.87. The van der Waals surface area contributed by atoms with Crippen molar-refractivity contribution in [1.82, 2.24) is 5.32 Å². The summed E-state index contributed by atoms with van der Waals surface area (Å²) in [6.45, 7) is 1.65. The Hall–Kier alpha value is -1.52. The summed E-state index contributed by atoms with van der Waals surface area (Å²) in [6.07, 6.45) is 0.997. The molecule has 0 spiro atoms. The molecule has 0 atom stereocenters. The Morgan fingerprint density at radius 3 is 2.60 bits per heavy atom. The van der Waals surface area contributed by atoms with E-state index in [9.17, 15) is 5.11 Å². The number of phenolic OH excluding ortho intramolecular Hbond substituents is 1. The number of rotatable bonds is 6. The minimum Gasteiger partial charge on any atom is -0.503 e. The van der Waals surface area contributed by atoms with Gasteiger partial charge >= 0.3 is 0 Å². The van der Waals surface area contributed by atoms with Crippen LogP contribution in [-0.2, 0) is 13.0 Å². The van der Waals surface area contributed by atoms with Crippen molar-refractivity contribution in [3.05, 3.63) is 58.1 Å². The van der Waals surface area contributed by atoms with Crippen LogP contribution in [0.4, 0.5) is 0 Å². The molecule has 20 heavy (non-hydrogen) atoms. The number of hydrogen-bond acceptors (Lipinski definition) is 3. The predicted octanol–water partition coefficient (Wildman–Crippen LogP) is 3.50. The van der Waals surface area contributed by atoms with Gasteiger partial charge in [0.05, 0.1) is 11.6 Å². The lowest BCUT2D eigenvalue weighted by Crippen LogP contribution is -2.16. The Morgan fingerprint density at radius 1 is 1.15 bits per heavy atom. The smallest absolute Gasteiger partial charge is 0.172 e. The maximum absolute atomic E-state index is 9.75. The van der Waals surface area contributed by atoms with Crippen molar-refractivity contribution in [3.8, 4) is 11.5 Å². The summed E-state index contributed by atoms with van der Waals surface area (Å²) in [4.78, 5) is 0. The average molecular weight is 336 g/mol. The van der Waals surface area contributed by atoms with Crippen LogP contribution in [0.25, 0.3) is 0 Å². The lowest BCUT2D eigenvalue weighted by atomic mass is 10.1. The fourth-order valence-electron chi connectivity index (χ4n) is 2.00. The van der Waals surface area contributed by atoms with Crippen LogP contribution in [0.2, 0.25) is 0 Å². The number of hydrogen-bond donors (Lipinski definition) is 2. The highest BCUT2D eigenvalue weighted by Crippen LogP contribution is 2.35. The zero-order chi connectivity index (χ0) is 14.4. The van der Waals surface area contributed by atoms with E-state index in [0.717, 1.165) is 25.1 Å². The maximum atomic E-state index is 9.75. The molecule has 0 heterocycles. The van der Waals surface area contributed by atoms with Crippen molar-refractivity contribution < 1.29 is 9.84 Å². The molecule has 4 heteroatoms. The van der Waals surface area contributed by atoms with E-state index in [-0.39, 0.29) is 5.75 Å². The number of benzene rings is 2. The van der Waals surface area contributed by atoms with Crippen LogP contribution in [0.1, 0.15) is 11.1 Å². The van der Waals surface area contributed by atoms with E-state index in [2.05, 4.69) is 45.5 Å². The first-order valence-electron chi connectivity index (χ1n) is 6.50. The SMILES string of the molecule is COc1cc(CNCCc2ccccc2)cc(Br)c1O. The molecule has 0 aliphatic carbocycles. The van der Waals surface area contributed by atoms with Crippen LogP contribution in [0.5, 0.6) is 11.5 Å². The van der Waals surface area contributed by atoms with Crippen LogP contribution >= 0.6 is 15.9 Å². The van der Waals surface area contributed by atoms with Crippen molar-refractivity contribution >= 4 is 15.9 Å². The molecule has 0 aliphatic rings. The van der Waals surface area contributed by atoms with Gasteiger partial charge in [-0.3, -0.25) is 0 Å². The third kappa shape index (κ3) is 3.99. The summed E-state index contributed by atoms with van der Waals surface area (Å²) in [5, 5.41) is 13.1. The van der Waals surface area contributed by atoms with Gasteiger partial charge in [-0.25, -0.2) is 0 Å². The van der Waals surface area contributed by atoms with E-state index < -0.39 is 0 Å². The third-order valence-corrected chi connectivity index (χ3v) is 3.68. The number of phenols is 1. The Morgan fingerprint density at radius 2 is 1.90 bits per heavy atom. The number of halogens is 1. The maximum Gasteiger partial charge on any atom is 0.172 e. The van der Waals surface area contributed by atoms with Crippen molar-refractivity contribution in [1.29, 1.82) is 0 Å². The first-order valence-corrected chi connectivity index (χ1v) is 7.30. The number of aromatic hydroxyl groups is 1. The van der Waals surface area contributed by atoms with Crippen molar-refractivity contribution in [2.45, 2.75) is 13.0 Å². The van der Waals surface area contributed by atoms with Gasteiger partial charge in [0.2, 0.25) is 0 Å². The molecule has 0 bridgehead atoms. The minimum absolute atomic E-state index is 0.139. The van der Waals surface area contributed by atoms with E-state index in [1.54, 1.807) is 7.11 Å². The van der Waals surface area contributed by atoms with E-state index in [1.807, 2.05) is 18.2 Å². The molecule has 0 aromatic heterocycles. The topological polar surface area (TPSA) is 41.5 Å². The van der Waals surface area contributed by atoms with Gasteiger partial charge < -0.3 is 15.2 Å². The molecular formula is C16H18BrNO2. The summed E-state index contributed by atoms with van der Waals surface area (Å²) >= 11 is 3.33. The van der Waals surface area contributed by atoms with Crippen molar-refractivity contribution in [2.24, 2.45) is 0 Å². The number of methoxy groups -OCH3 is 1. The molecule has 2 N–H and O–H groups in total. The summed E-state index contributed by atoms with van der Waals surface area (Å²) in [5.74, 6) is 0.625. The van der Waals surface area contributed by atoms with E-state index >= 15 is 0 Å². The Kier molecular flexibility index (Phi) is 5.44. The molecule has 2 rings (SSSR count). The van der Waals surface area contributed by atoms with Crippen LogP contribution in [0.15, 0.2) is 46.9 Å². The molecule has 106 valence electrons. The van der Waals surface area contributed by atoms with Crippen molar-refractivity contribution in [2.75, 3.05) is 13.7 Å². The first-order chi connectivity index (χ1) is 9.70. The second-order valence-electron chi connectivity index (χ2n) is 4.54. The molecule has 0 saturated carbocycles. The largest absolute Gasteiger partial charge is 0.503 e. The lowest BCUT2D eigenvalue weighted by Gasteiger charge is -2.10. The predicted molar refractivity (Wildman–Crippen MR) is 84.2 cm³/mol. The highest BCUT2D eigenvalue weighted by Gasteiger charge is 2.08. The average Bonchev–Trinajstić information content (AvgIpc) is 2.48. The quantitative estimate of drug-likeness (QED) is 0.794. The van der Waals surface area contributed by atoms with Crippen LogP contribution in [-0.4, -0.2) is 18.8 Å². The van der Waals surface area contributed by atoms with Gasteiger partial charge in [0.15, 0.2) is 11.5 Å². The van der Waals surface area contributed by atoms with Crippen LogP contribution < -0.4 is 10.1 Å². The lowest BCUT2D eigenvalue weighted by molar-refractivity contribution is 0.371. The zero-order valence-corrected chi connectivity index (χ0v) is 13.0. The van der Waals surface area contributed by atoms with E-state index in [0.29, 0.717) is 10.2 Å². The summed E-state index contributed by atoms with van der Waals surface area (Å²) in [5.41, 5.74) is 2.39. The molecule has 0 radical (unpaired) electrons. The molecule has 0 saturated heterocycles. The second-order valence-corrected chi connectivity index (χ2v) is 5.40. The zero-order valence-electron chi connectivity index (χ0n) is 11.4. The molecule has 2 aromatic carbocycles. The molecule has 3 nitrogen and oxygen atoms in total. The minimum atomic E-state index is 0.139.